The average molecular weight is 290 g/mol. The summed E-state index contributed by atoms with van der Waals surface area (Å²) >= 11 is 0. The molecular weight excluding hydrogens is 272 g/mol. The second-order valence-corrected chi connectivity index (χ2v) is 4.72. The van der Waals surface area contributed by atoms with Crippen LogP contribution in [0.15, 0.2) is 24.3 Å². The van der Waals surface area contributed by atoms with Crippen molar-refractivity contribution in [3.8, 4) is 5.75 Å². The van der Waals surface area contributed by atoms with Crippen molar-refractivity contribution in [3.05, 3.63) is 29.8 Å². The van der Waals surface area contributed by atoms with Gasteiger partial charge in [0, 0.05) is 12.6 Å². The Hall–Kier alpha value is -2.34. The first-order valence-electron chi connectivity index (χ1n) is 6.85. The fourth-order valence-electron chi connectivity index (χ4n) is 2.09. The van der Waals surface area contributed by atoms with Gasteiger partial charge < -0.3 is 9.64 Å². The maximum atomic E-state index is 12.0. The zero-order valence-electron chi connectivity index (χ0n) is 11.8. The molecule has 0 spiro atoms. The summed E-state index contributed by atoms with van der Waals surface area (Å²) in [6.07, 6.45) is 4.68. The van der Waals surface area contributed by atoms with Gasteiger partial charge in [0.2, 0.25) is 0 Å². The summed E-state index contributed by atoms with van der Waals surface area (Å²) in [5, 5.41) is 8.46. The number of fused-ring (bicyclic) bond motifs is 1. The zero-order valence-corrected chi connectivity index (χ0v) is 11.8. The van der Waals surface area contributed by atoms with Crippen LogP contribution in [0.1, 0.15) is 25.3 Å². The minimum absolute atomic E-state index is 0.0544. The third-order valence-electron chi connectivity index (χ3n) is 3.20. The van der Waals surface area contributed by atoms with Gasteiger partial charge in [0.15, 0.2) is 6.61 Å². The molecule has 1 heterocycles. The van der Waals surface area contributed by atoms with Gasteiger partial charge in [-0.1, -0.05) is 19.4 Å². The fourth-order valence-corrected chi connectivity index (χ4v) is 2.09. The number of rotatable bonds is 5. The van der Waals surface area contributed by atoms with Gasteiger partial charge >= 0.3 is 0 Å². The molecule has 2 rings (SSSR count). The quantitative estimate of drug-likeness (QED) is 0.492. The lowest BCUT2D eigenvalue weighted by atomic mass is 10.1. The zero-order chi connectivity index (χ0) is 15.2. The van der Waals surface area contributed by atoms with E-state index in [4.69, 9.17) is 9.94 Å². The van der Waals surface area contributed by atoms with E-state index in [1.807, 2.05) is 0 Å². The second-order valence-electron chi connectivity index (χ2n) is 4.72. The maximum Gasteiger partial charge on any atom is 0.267 e. The van der Waals surface area contributed by atoms with Gasteiger partial charge in [0.1, 0.15) is 5.75 Å². The lowest BCUT2D eigenvalue weighted by Crippen LogP contribution is -2.39. The van der Waals surface area contributed by atoms with E-state index in [9.17, 15) is 9.59 Å². The fraction of sp³-hybridized carbons (Fsp3) is 0.333. The number of nitrogens with zero attached hydrogens (tertiary/aromatic N) is 1. The van der Waals surface area contributed by atoms with Crippen molar-refractivity contribution in [2.24, 2.45) is 0 Å². The molecule has 0 saturated carbocycles. The number of amides is 2. The maximum absolute atomic E-state index is 12.0. The van der Waals surface area contributed by atoms with Crippen molar-refractivity contribution in [3.63, 3.8) is 0 Å². The summed E-state index contributed by atoms with van der Waals surface area (Å²) in [7, 11) is 0. The molecule has 0 atom stereocenters. The number of hydrogen-bond donors (Lipinski definition) is 2. The predicted molar refractivity (Wildman–Crippen MR) is 78.2 cm³/mol. The Morgan fingerprint density at radius 2 is 2.33 bits per heavy atom. The van der Waals surface area contributed by atoms with E-state index >= 15 is 0 Å². The van der Waals surface area contributed by atoms with E-state index in [2.05, 4.69) is 6.92 Å². The number of anilines is 1. The smallest absolute Gasteiger partial charge is 0.267 e. The van der Waals surface area contributed by atoms with Gasteiger partial charge in [-0.2, -0.15) is 0 Å². The van der Waals surface area contributed by atoms with Crippen molar-refractivity contribution in [2.45, 2.75) is 19.8 Å². The Morgan fingerprint density at radius 3 is 3.05 bits per heavy atom. The van der Waals surface area contributed by atoms with E-state index in [1.54, 1.807) is 29.2 Å². The third kappa shape index (κ3) is 3.61. The number of ether oxygens (including phenoxy) is 1. The Kier molecular flexibility index (Phi) is 4.94. The molecule has 0 aromatic heterocycles. The molecule has 6 heteroatoms. The van der Waals surface area contributed by atoms with Crippen LogP contribution >= 0.6 is 0 Å². The highest BCUT2D eigenvalue weighted by molar-refractivity contribution is 5.98. The molecule has 2 N–H and O–H groups in total. The Balaban J connectivity index is 2.27. The molecule has 1 aliphatic heterocycles. The summed E-state index contributed by atoms with van der Waals surface area (Å²) in [5.74, 6) is -0.0115. The molecule has 0 fully saturated rings. The number of hydroxylamine groups is 1. The van der Waals surface area contributed by atoms with Crippen LogP contribution < -0.4 is 15.1 Å². The molecule has 0 saturated heterocycles. The molecule has 112 valence electrons. The molecule has 0 unspecified atom stereocenters. The van der Waals surface area contributed by atoms with Crippen LogP contribution in [0.3, 0.4) is 0 Å². The SMILES string of the molecule is CCCCN1C(=O)COc2ccc(/C=C/C(=O)NO)cc21. The molecule has 0 bridgehead atoms. The van der Waals surface area contributed by atoms with Crippen LogP contribution in [0.5, 0.6) is 5.75 Å². The summed E-state index contributed by atoms with van der Waals surface area (Å²) in [5.41, 5.74) is 2.99. The lowest BCUT2D eigenvalue weighted by Gasteiger charge is -2.29. The van der Waals surface area contributed by atoms with Crippen molar-refractivity contribution >= 4 is 23.6 Å². The number of hydrogen-bond acceptors (Lipinski definition) is 4. The second kappa shape index (κ2) is 6.90. The number of nitrogens with one attached hydrogen (secondary N) is 1. The first-order chi connectivity index (χ1) is 10.2. The van der Waals surface area contributed by atoms with Crippen LogP contribution in [0.4, 0.5) is 5.69 Å². The van der Waals surface area contributed by atoms with Crippen molar-refractivity contribution in [1.82, 2.24) is 5.48 Å². The topological polar surface area (TPSA) is 78.9 Å². The lowest BCUT2D eigenvalue weighted by molar-refractivity contribution is -0.124. The third-order valence-corrected chi connectivity index (χ3v) is 3.20. The first-order valence-corrected chi connectivity index (χ1v) is 6.85. The van der Waals surface area contributed by atoms with Gasteiger partial charge in [0.25, 0.3) is 11.8 Å². The van der Waals surface area contributed by atoms with E-state index < -0.39 is 5.91 Å². The van der Waals surface area contributed by atoms with E-state index in [1.165, 1.54) is 11.6 Å². The molecule has 2 amide bonds. The highest BCUT2D eigenvalue weighted by atomic mass is 16.5. The summed E-state index contributed by atoms with van der Waals surface area (Å²) in [6.45, 7) is 2.77. The van der Waals surface area contributed by atoms with Crippen LogP contribution in [-0.4, -0.2) is 30.2 Å². The van der Waals surface area contributed by atoms with Crippen LogP contribution in [0.25, 0.3) is 6.08 Å². The van der Waals surface area contributed by atoms with Gasteiger partial charge in [-0.15, -0.1) is 0 Å². The monoisotopic (exact) mass is 290 g/mol. The predicted octanol–water partition coefficient (Wildman–Crippen LogP) is 1.73. The summed E-state index contributed by atoms with van der Waals surface area (Å²) in [6, 6.07) is 5.36. The van der Waals surface area contributed by atoms with Gasteiger partial charge in [0.05, 0.1) is 5.69 Å². The Bertz CT molecular complexity index is 569. The number of benzene rings is 1. The van der Waals surface area contributed by atoms with Gasteiger partial charge in [-0.3, -0.25) is 14.8 Å². The molecule has 0 aliphatic carbocycles. The van der Waals surface area contributed by atoms with Crippen molar-refractivity contribution in [1.29, 1.82) is 0 Å². The Labute approximate surface area is 123 Å². The van der Waals surface area contributed by atoms with E-state index in [0.29, 0.717) is 18.0 Å². The van der Waals surface area contributed by atoms with Crippen LogP contribution in [0.2, 0.25) is 0 Å². The molecule has 6 nitrogen and oxygen atoms in total. The first kappa shape index (κ1) is 15.1. The normalized spacial score (nSPS) is 14.0. The number of carbonyl (C=O) groups excluding carboxylic acids is 2. The summed E-state index contributed by atoms with van der Waals surface area (Å²) in [4.78, 5) is 24.7. The van der Waals surface area contributed by atoms with Crippen molar-refractivity contribution in [2.75, 3.05) is 18.1 Å². The molecular formula is C15H18N2O4. The minimum atomic E-state index is -0.608. The van der Waals surface area contributed by atoms with Gasteiger partial charge in [-0.05, 0) is 30.2 Å². The molecule has 0 radical (unpaired) electrons. The molecule has 1 aliphatic rings. The molecule has 1 aromatic carbocycles. The Morgan fingerprint density at radius 1 is 1.52 bits per heavy atom. The molecule has 1 aromatic rings. The molecule has 21 heavy (non-hydrogen) atoms. The van der Waals surface area contributed by atoms with Gasteiger partial charge in [-0.25, -0.2) is 5.48 Å². The number of carbonyl (C=O) groups is 2. The van der Waals surface area contributed by atoms with E-state index in [0.717, 1.165) is 18.4 Å². The largest absolute Gasteiger partial charge is 0.482 e. The van der Waals surface area contributed by atoms with Crippen LogP contribution in [0, 0.1) is 0 Å². The van der Waals surface area contributed by atoms with Crippen molar-refractivity contribution < 1.29 is 19.5 Å². The highest BCUT2D eigenvalue weighted by Gasteiger charge is 2.24. The average Bonchev–Trinajstić information content (AvgIpc) is 2.51. The summed E-state index contributed by atoms with van der Waals surface area (Å²) < 4.78 is 5.41. The highest BCUT2D eigenvalue weighted by Crippen LogP contribution is 2.33. The van der Waals surface area contributed by atoms with Crippen LogP contribution in [-0.2, 0) is 9.59 Å². The minimum Gasteiger partial charge on any atom is -0.482 e. The van der Waals surface area contributed by atoms with E-state index in [-0.39, 0.29) is 12.5 Å². The number of unbranched alkanes of at least 4 members (excludes halogenated alkanes) is 1. The standard InChI is InChI=1S/C15H18N2O4/c1-2-3-8-17-12-9-11(5-7-14(18)16-20)4-6-13(12)21-10-15(17)19/h4-7,9,20H,2-3,8,10H2,1H3,(H,16,18)/b7-5+.